The Bertz CT molecular complexity index is 685. The molecular weight excluding hydrogens is 296 g/mol. The van der Waals surface area contributed by atoms with Gasteiger partial charge < -0.3 is 19.5 Å². The molecule has 0 atom stereocenters. The number of carbonyl (C=O) groups excluding carboxylic acids is 1. The summed E-state index contributed by atoms with van der Waals surface area (Å²) < 4.78 is 15.9. The van der Waals surface area contributed by atoms with Gasteiger partial charge in [0.05, 0.1) is 7.11 Å². The van der Waals surface area contributed by atoms with Crippen molar-refractivity contribution in [3.63, 3.8) is 0 Å². The van der Waals surface area contributed by atoms with Gasteiger partial charge in [-0.2, -0.15) is 5.26 Å². The van der Waals surface area contributed by atoms with E-state index >= 15 is 0 Å². The van der Waals surface area contributed by atoms with Crippen LogP contribution in [-0.2, 0) is 4.79 Å². The molecular formula is C17H18N2O4. The molecule has 0 spiro atoms. The molecule has 1 N–H and O–H groups in total. The van der Waals surface area contributed by atoms with Gasteiger partial charge in [-0.3, -0.25) is 4.79 Å². The van der Waals surface area contributed by atoms with Gasteiger partial charge in [0.1, 0.15) is 17.4 Å². The minimum atomic E-state index is -0.348. The van der Waals surface area contributed by atoms with E-state index in [0.29, 0.717) is 22.8 Å². The van der Waals surface area contributed by atoms with Gasteiger partial charge in [0.25, 0.3) is 5.91 Å². The van der Waals surface area contributed by atoms with Crippen LogP contribution in [0.1, 0.15) is 31.2 Å². The van der Waals surface area contributed by atoms with Crippen LogP contribution in [0.2, 0.25) is 0 Å². The minimum Gasteiger partial charge on any atom is -0.496 e. The lowest BCUT2D eigenvalue weighted by atomic mass is 10.1. The molecule has 6 heteroatoms. The van der Waals surface area contributed by atoms with Gasteiger partial charge in [0.15, 0.2) is 11.5 Å². The van der Waals surface area contributed by atoms with Gasteiger partial charge in [-0.1, -0.05) is 12.8 Å². The molecule has 1 aromatic rings. The topological polar surface area (TPSA) is 80.6 Å². The third kappa shape index (κ3) is 3.24. The first-order chi connectivity index (χ1) is 11.2. The maximum Gasteiger partial charge on any atom is 0.262 e. The first kappa shape index (κ1) is 15.2. The van der Waals surface area contributed by atoms with Crippen molar-refractivity contribution in [2.75, 3.05) is 13.9 Å². The Kier molecular flexibility index (Phi) is 4.38. The highest BCUT2D eigenvalue weighted by Gasteiger charge is 2.21. The summed E-state index contributed by atoms with van der Waals surface area (Å²) in [7, 11) is 1.53. The van der Waals surface area contributed by atoms with Crippen molar-refractivity contribution in [1.82, 2.24) is 5.32 Å². The van der Waals surface area contributed by atoms with E-state index in [0.717, 1.165) is 25.7 Å². The Labute approximate surface area is 134 Å². The zero-order valence-electron chi connectivity index (χ0n) is 12.9. The Morgan fingerprint density at radius 3 is 2.70 bits per heavy atom. The molecule has 120 valence electrons. The predicted octanol–water partition coefficient (Wildman–Crippen LogP) is 2.39. The summed E-state index contributed by atoms with van der Waals surface area (Å²) in [6.45, 7) is 0.152. The van der Waals surface area contributed by atoms with Crippen LogP contribution in [0.5, 0.6) is 17.2 Å². The second kappa shape index (κ2) is 6.61. The lowest BCUT2D eigenvalue weighted by molar-refractivity contribution is -0.117. The number of ether oxygens (including phenoxy) is 3. The van der Waals surface area contributed by atoms with Crippen LogP contribution in [0, 0.1) is 11.3 Å². The summed E-state index contributed by atoms with van der Waals surface area (Å²) in [6.07, 6.45) is 5.69. The number of fused-ring (bicyclic) bond motifs is 1. The highest BCUT2D eigenvalue weighted by Crippen LogP contribution is 2.38. The number of amides is 1. The summed E-state index contributed by atoms with van der Waals surface area (Å²) in [5.41, 5.74) is 0.656. The molecule has 1 saturated carbocycles. The van der Waals surface area contributed by atoms with Crippen molar-refractivity contribution in [3.8, 4) is 23.3 Å². The summed E-state index contributed by atoms with van der Waals surface area (Å²) in [4.78, 5) is 12.3. The fraction of sp³-hybridized carbons (Fsp3) is 0.412. The van der Waals surface area contributed by atoms with Crippen molar-refractivity contribution in [1.29, 1.82) is 5.26 Å². The molecule has 1 aliphatic carbocycles. The molecule has 0 aromatic heterocycles. The number of carbonyl (C=O) groups is 1. The van der Waals surface area contributed by atoms with Crippen LogP contribution in [-0.4, -0.2) is 25.9 Å². The summed E-state index contributed by atoms with van der Waals surface area (Å²) in [6, 6.07) is 5.53. The first-order valence-corrected chi connectivity index (χ1v) is 7.61. The van der Waals surface area contributed by atoms with Crippen molar-refractivity contribution < 1.29 is 19.0 Å². The van der Waals surface area contributed by atoms with Crippen LogP contribution in [0.25, 0.3) is 6.08 Å². The summed E-state index contributed by atoms with van der Waals surface area (Å²) in [5, 5.41) is 12.2. The highest BCUT2D eigenvalue weighted by atomic mass is 16.7. The molecule has 0 saturated heterocycles. The maximum absolute atomic E-state index is 12.3. The number of methoxy groups -OCH3 is 1. The minimum absolute atomic E-state index is 0.0501. The number of benzene rings is 1. The fourth-order valence-corrected chi connectivity index (χ4v) is 2.87. The van der Waals surface area contributed by atoms with Gasteiger partial charge in [0, 0.05) is 17.7 Å². The average Bonchev–Trinajstić information content (AvgIpc) is 3.22. The summed E-state index contributed by atoms with van der Waals surface area (Å²) in [5.74, 6) is 1.34. The number of rotatable bonds is 4. The normalized spacial score (nSPS) is 17.0. The number of nitriles is 1. The number of nitrogens with one attached hydrogen (secondary N) is 1. The van der Waals surface area contributed by atoms with Crippen LogP contribution in [0.15, 0.2) is 17.7 Å². The quantitative estimate of drug-likeness (QED) is 0.682. The predicted molar refractivity (Wildman–Crippen MR) is 83.1 cm³/mol. The SMILES string of the molecule is COc1cc2c(cc1/C=C(/C#N)C(=O)NC1CCCC1)OCO2. The molecule has 1 aliphatic heterocycles. The Morgan fingerprint density at radius 2 is 2.04 bits per heavy atom. The largest absolute Gasteiger partial charge is 0.496 e. The second-order valence-electron chi connectivity index (χ2n) is 5.57. The molecule has 1 fully saturated rings. The van der Waals surface area contributed by atoms with E-state index in [1.54, 1.807) is 12.1 Å². The average molecular weight is 314 g/mol. The fourth-order valence-electron chi connectivity index (χ4n) is 2.87. The van der Waals surface area contributed by atoms with Crippen LogP contribution >= 0.6 is 0 Å². The standard InChI is InChI=1S/C17H18N2O4/c1-21-14-8-16-15(22-10-23-16)7-11(14)6-12(9-18)17(20)19-13-4-2-3-5-13/h6-8,13H,2-5,10H2,1H3,(H,19,20)/b12-6-. The molecule has 0 bridgehead atoms. The van der Waals surface area contributed by atoms with E-state index < -0.39 is 0 Å². The molecule has 6 nitrogen and oxygen atoms in total. The van der Waals surface area contributed by atoms with Crippen LogP contribution in [0.4, 0.5) is 0 Å². The van der Waals surface area contributed by atoms with Gasteiger partial charge in [-0.25, -0.2) is 0 Å². The molecule has 1 aromatic carbocycles. The van der Waals surface area contributed by atoms with Crippen molar-refractivity contribution in [2.45, 2.75) is 31.7 Å². The second-order valence-corrected chi connectivity index (χ2v) is 5.57. The highest BCUT2D eigenvalue weighted by molar-refractivity contribution is 6.02. The third-order valence-corrected chi connectivity index (χ3v) is 4.08. The van der Waals surface area contributed by atoms with Gasteiger partial charge >= 0.3 is 0 Å². The molecule has 1 amide bonds. The van der Waals surface area contributed by atoms with E-state index in [1.807, 2.05) is 6.07 Å². The number of hydrogen-bond acceptors (Lipinski definition) is 5. The van der Waals surface area contributed by atoms with E-state index in [1.165, 1.54) is 13.2 Å². The zero-order chi connectivity index (χ0) is 16.2. The number of hydrogen-bond donors (Lipinski definition) is 1. The Morgan fingerprint density at radius 1 is 1.35 bits per heavy atom. The van der Waals surface area contributed by atoms with Crippen molar-refractivity contribution in [2.24, 2.45) is 0 Å². The lowest BCUT2D eigenvalue weighted by Gasteiger charge is -2.11. The Balaban J connectivity index is 1.85. The van der Waals surface area contributed by atoms with E-state index in [9.17, 15) is 10.1 Å². The van der Waals surface area contributed by atoms with E-state index in [-0.39, 0.29) is 24.3 Å². The third-order valence-electron chi connectivity index (χ3n) is 4.08. The van der Waals surface area contributed by atoms with Crippen LogP contribution in [0.3, 0.4) is 0 Å². The maximum atomic E-state index is 12.3. The molecule has 0 radical (unpaired) electrons. The Hall–Kier alpha value is -2.68. The molecule has 1 heterocycles. The van der Waals surface area contributed by atoms with Crippen molar-refractivity contribution >= 4 is 12.0 Å². The van der Waals surface area contributed by atoms with Crippen LogP contribution < -0.4 is 19.5 Å². The van der Waals surface area contributed by atoms with Gasteiger partial charge in [-0.05, 0) is 25.0 Å². The molecule has 0 unspecified atom stereocenters. The zero-order valence-corrected chi connectivity index (χ0v) is 12.9. The van der Waals surface area contributed by atoms with Gasteiger partial charge in [0.2, 0.25) is 6.79 Å². The van der Waals surface area contributed by atoms with E-state index in [2.05, 4.69) is 5.32 Å². The summed E-state index contributed by atoms with van der Waals surface area (Å²) >= 11 is 0. The molecule has 3 rings (SSSR count). The van der Waals surface area contributed by atoms with E-state index in [4.69, 9.17) is 14.2 Å². The van der Waals surface area contributed by atoms with Gasteiger partial charge in [-0.15, -0.1) is 0 Å². The number of nitrogens with zero attached hydrogens (tertiary/aromatic N) is 1. The molecule has 2 aliphatic rings. The lowest BCUT2D eigenvalue weighted by Crippen LogP contribution is -2.33. The molecule has 23 heavy (non-hydrogen) atoms. The first-order valence-electron chi connectivity index (χ1n) is 7.61. The monoisotopic (exact) mass is 314 g/mol. The van der Waals surface area contributed by atoms with Crippen molar-refractivity contribution in [3.05, 3.63) is 23.3 Å². The smallest absolute Gasteiger partial charge is 0.262 e.